The van der Waals surface area contributed by atoms with Gasteiger partial charge in [-0.05, 0) is 25.8 Å². The van der Waals surface area contributed by atoms with Crippen LogP contribution in [0, 0.1) is 10.8 Å². The van der Waals surface area contributed by atoms with Crippen LogP contribution in [-0.4, -0.2) is 39.8 Å². The molecular formula is C16H23N3O2S. The lowest BCUT2D eigenvalue weighted by Gasteiger charge is -2.17. The van der Waals surface area contributed by atoms with Crippen molar-refractivity contribution >= 4 is 29.2 Å². The number of carboxylic acid groups (broad SMARTS) is 1. The lowest BCUT2D eigenvalue weighted by Crippen LogP contribution is -2.28. The molecule has 3 N–H and O–H groups in total. The first-order valence-electron chi connectivity index (χ1n) is 6.78. The molecule has 0 aromatic carbocycles. The van der Waals surface area contributed by atoms with E-state index in [1.807, 2.05) is 44.2 Å². The summed E-state index contributed by atoms with van der Waals surface area (Å²) in [4.78, 5) is 11.9. The molecule has 0 aromatic rings. The first-order chi connectivity index (χ1) is 10.4. The Labute approximate surface area is 136 Å². The Hall–Kier alpha value is -2.08. The third kappa shape index (κ3) is 8.97. The molecule has 0 spiro atoms. The van der Waals surface area contributed by atoms with Gasteiger partial charge in [-0.15, -0.1) is 0 Å². The molecule has 5 nitrogen and oxygen atoms in total. The summed E-state index contributed by atoms with van der Waals surface area (Å²) in [6, 6.07) is 0. The van der Waals surface area contributed by atoms with Crippen LogP contribution in [0.2, 0.25) is 0 Å². The highest BCUT2D eigenvalue weighted by atomic mass is 32.2. The summed E-state index contributed by atoms with van der Waals surface area (Å²) in [7, 11) is 0. The molecule has 22 heavy (non-hydrogen) atoms. The van der Waals surface area contributed by atoms with Crippen LogP contribution in [0.1, 0.15) is 20.3 Å². The Morgan fingerprint density at radius 2 is 2.14 bits per heavy atom. The Bertz CT molecular complexity index is 508. The molecule has 0 bridgehead atoms. The molecule has 6 heteroatoms. The second-order valence-corrected chi connectivity index (χ2v) is 5.39. The minimum Gasteiger partial charge on any atom is -0.481 e. The molecule has 0 atom stereocenters. The standard InChI is InChI=1S/C16H23N3O2S/c1-4-8-14(13(2)3)9-6-5-7-10-19(12-17)16(18)22-11-15(20)21/h4-6,8-9,12,17-18H,2,7,10-11H2,1,3H3,(H,20,21)/b6-5-,8-4-,14-9-,17-12?,18-16?. The Kier molecular flexibility index (Phi) is 10.5. The summed E-state index contributed by atoms with van der Waals surface area (Å²) in [6.45, 7) is 8.25. The average molecular weight is 321 g/mol. The largest absolute Gasteiger partial charge is 0.481 e. The van der Waals surface area contributed by atoms with Gasteiger partial charge < -0.3 is 10.0 Å². The van der Waals surface area contributed by atoms with E-state index in [-0.39, 0.29) is 10.9 Å². The molecule has 0 heterocycles. The summed E-state index contributed by atoms with van der Waals surface area (Å²) in [5.74, 6) is -1.14. The fourth-order valence-corrected chi connectivity index (χ4v) is 2.01. The monoisotopic (exact) mass is 321 g/mol. The topological polar surface area (TPSA) is 88.2 Å². The van der Waals surface area contributed by atoms with Gasteiger partial charge >= 0.3 is 5.97 Å². The zero-order valence-electron chi connectivity index (χ0n) is 13.0. The van der Waals surface area contributed by atoms with Gasteiger partial charge in [0.05, 0.1) is 12.1 Å². The third-order valence-corrected chi connectivity index (χ3v) is 3.44. The van der Waals surface area contributed by atoms with Gasteiger partial charge in [0.15, 0.2) is 5.17 Å². The predicted molar refractivity (Wildman–Crippen MR) is 94.8 cm³/mol. The number of hydrogen-bond donors (Lipinski definition) is 3. The van der Waals surface area contributed by atoms with Crippen molar-refractivity contribution in [2.24, 2.45) is 0 Å². The van der Waals surface area contributed by atoms with E-state index in [2.05, 4.69) is 6.58 Å². The van der Waals surface area contributed by atoms with Crippen molar-refractivity contribution in [2.75, 3.05) is 12.3 Å². The number of carboxylic acids is 1. The van der Waals surface area contributed by atoms with Crippen molar-refractivity contribution in [1.29, 1.82) is 10.8 Å². The average Bonchev–Trinajstić information content (AvgIpc) is 2.47. The molecule has 0 unspecified atom stereocenters. The summed E-state index contributed by atoms with van der Waals surface area (Å²) in [5.41, 5.74) is 2.03. The number of nitrogens with one attached hydrogen (secondary N) is 2. The number of hydrogen-bond acceptors (Lipinski definition) is 4. The molecule has 0 aliphatic heterocycles. The van der Waals surface area contributed by atoms with Gasteiger partial charge in [0, 0.05) is 6.54 Å². The number of allylic oxidation sites excluding steroid dienone is 6. The van der Waals surface area contributed by atoms with E-state index in [4.69, 9.17) is 15.9 Å². The van der Waals surface area contributed by atoms with Gasteiger partial charge in [0.2, 0.25) is 0 Å². The normalized spacial score (nSPS) is 11.8. The molecule has 0 radical (unpaired) electrons. The van der Waals surface area contributed by atoms with Crippen LogP contribution in [0.15, 0.2) is 48.1 Å². The minimum absolute atomic E-state index is 0.0675. The predicted octanol–water partition coefficient (Wildman–Crippen LogP) is 3.67. The van der Waals surface area contributed by atoms with E-state index in [1.54, 1.807) is 0 Å². The van der Waals surface area contributed by atoms with Crippen LogP contribution < -0.4 is 0 Å². The van der Waals surface area contributed by atoms with Crippen molar-refractivity contribution < 1.29 is 9.90 Å². The molecular weight excluding hydrogens is 298 g/mol. The molecule has 0 fully saturated rings. The van der Waals surface area contributed by atoms with Gasteiger partial charge in [0.25, 0.3) is 0 Å². The van der Waals surface area contributed by atoms with Crippen LogP contribution in [0.3, 0.4) is 0 Å². The molecule has 0 rings (SSSR count). The minimum atomic E-state index is -0.971. The van der Waals surface area contributed by atoms with E-state index < -0.39 is 5.97 Å². The number of aliphatic carboxylic acids is 1. The highest BCUT2D eigenvalue weighted by Crippen LogP contribution is 2.09. The maximum atomic E-state index is 10.5. The molecule has 120 valence electrons. The second-order valence-electron chi connectivity index (χ2n) is 4.43. The quantitative estimate of drug-likeness (QED) is 0.343. The van der Waals surface area contributed by atoms with Crippen LogP contribution in [0.5, 0.6) is 0 Å². The number of rotatable bonds is 9. The second kappa shape index (κ2) is 11.6. The van der Waals surface area contributed by atoms with Crippen LogP contribution in [-0.2, 0) is 4.79 Å². The summed E-state index contributed by atoms with van der Waals surface area (Å²) < 4.78 is 0. The van der Waals surface area contributed by atoms with Gasteiger partial charge in [-0.25, -0.2) is 0 Å². The zero-order valence-corrected chi connectivity index (χ0v) is 13.8. The fraction of sp³-hybridized carbons (Fsp3) is 0.312. The number of thioether (sulfide) groups is 1. The molecule has 0 saturated heterocycles. The van der Waals surface area contributed by atoms with E-state index >= 15 is 0 Å². The molecule has 0 amide bonds. The first-order valence-corrected chi connectivity index (χ1v) is 7.76. The fourth-order valence-electron chi connectivity index (χ4n) is 1.44. The summed E-state index contributed by atoms with van der Waals surface area (Å²) in [6.07, 6.45) is 11.4. The Balaban J connectivity index is 4.40. The molecule has 0 aliphatic carbocycles. The highest BCUT2D eigenvalue weighted by molar-refractivity contribution is 8.14. The molecule has 0 aliphatic rings. The third-order valence-electron chi connectivity index (χ3n) is 2.54. The van der Waals surface area contributed by atoms with Crippen LogP contribution in [0.4, 0.5) is 0 Å². The molecule has 0 aromatic heterocycles. The van der Waals surface area contributed by atoms with Gasteiger partial charge in [-0.1, -0.05) is 54.3 Å². The van der Waals surface area contributed by atoms with E-state index in [0.29, 0.717) is 13.0 Å². The SMILES string of the molecule is C=C(C)C(/C=C\C)=C\C=C/CCN(C=N)C(=N)SCC(=O)O. The van der Waals surface area contributed by atoms with Crippen molar-refractivity contribution in [1.82, 2.24) is 4.90 Å². The van der Waals surface area contributed by atoms with Gasteiger partial charge in [-0.3, -0.25) is 15.6 Å². The van der Waals surface area contributed by atoms with Crippen molar-refractivity contribution in [2.45, 2.75) is 20.3 Å². The number of carbonyl (C=O) groups is 1. The Morgan fingerprint density at radius 3 is 2.64 bits per heavy atom. The Morgan fingerprint density at radius 1 is 1.45 bits per heavy atom. The maximum Gasteiger partial charge on any atom is 0.313 e. The van der Waals surface area contributed by atoms with E-state index in [1.165, 1.54) is 4.90 Å². The van der Waals surface area contributed by atoms with Gasteiger partial charge in [0.1, 0.15) is 0 Å². The molecule has 0 saturated carbocycles. The smallest absolute Gasteiger partial charge is 0.313 e. The van der Waals surface area contributed by atoms with E-state index in [9.17, 15) is 4.79 Å². The van der Waals surface area contributed by atoms with E-state index in [0.717, 1.165) is 29.2 Å². The summed E-state index contributed by atoms with van der Waals surface area (Å²) in [5, 5.41) is 23.6. The highest BCUT2D eigenvalue weighted by Gasteiger charge is 2.08. The summed E-state index contributed by atoms with van der Waals surface area (Å²) >= 11 is 0.898. The van der Waals surface area contributed by atoms with Gasteiger partial charge in [-0.2, -0.15) is 0 Å². The maximum absolute atomic E-state index is 10.5. The first kappa shape index (κ1) is 19.9. The lowest BCUT2D eigenvalue weighted by molar-refractivity contribution is -0.133. The number of nitrogens with zero attached hydrogens (tertiary/aromatic N) is 1. The van der Waals surface area contributed by atoms with Crippen molar-refractivity contribution in [3.63, 3.8) is 0 Å². The van der Waals surface area contributed by atoms with Crippen LogP contribution in [0.25, 0.3) is 0 Å². The van der Waals surface area contributed by atoms with Crippen molar-refractivity contribution in [3.8, 4) is 0 Å². The van der Waals surface area contributed by atoms with Crippen LogP contribution >= 0.6 is 11.8 Å². The van der Waals surface area contributed by atoms with Crippen molar-refractivity contribution in [3.05, 3.63) is 48.1 Å². The zero-order chi connectivity index (χ0) is 17.0. The number of amidine groups is 1. The lowest BCUT2D eigenvalue weighted by atomic mass is 10.1.